The molecule has 1 saturated heterocycles. The fraction of sp³-hybridized carbons (Fsp3) is 0.556. The highest BCUT2D eigenvalue weighted by Gasteiger charge is 2.27. The Morgan fingerprint density at radius 1 is 1.00 bits per heavy atom. The van der Waals surface area contributed by atoms with Crippen LogP contribution < -0.4 is 15.0 Å². The van der Waals surface area contributed by atoms with Crippen LogP contribution in [0, 0.1) is 6.92 Å². The van der Waals surface area contributed by atoms with Crippen LogP contribution in [0.5, 0.6) is 5.75 Å². The molecule has 1 aliphatic carbocycles. The summed E-state index contributed by atoms with van der Waals surface area (Å²) in [7, 11) is 0. The molecule has 4 rings (SSSR count). The molecule has 0 atom stereocenters. The number of nitrogens with zero attached hydrogens (tertiary/aromatic N) is 3. The molecule has 1 saturated carbocycles. The second kappa shape index (κ2) is 10.5. The maximum Gasteiger partial charge on any atom is 0.410 e. The molecule has 1 amide bonds. The summed E-state index contributed by atoms with van der Waals surface area (Å²) in [5, 5.41) is 3.66. The van der Waals surface area contributed by atoms with Gasteiger partial charge in [-0.1, -0.05) is 17.7 Å². The van der Waals surface area contributed by atoms with Crippen LogP contribution in [0.4, 0.5) is 16.3 Å². The van der Waals surface area contributed by atoms with Crippen molar-refractivity contribution >= 4 is 17.6 Å². The molecule has 2 aliphatic rings. The van der Waals surface area contributed by atoms with Crippen LogP contribution in [-0.2, 0) is 4.74 Å². The van der Waals surface area contributed by atoms with Crippen LogP contribution in [0.3, 0.4) is 0 Å². The second-order valence-electron chi connectivity index (χ2n) is 10.4. The number of piperazine rings is 1. The lowest BCUT2D eigenvalue weighted by atomic mass is 9.92. The monoisotopic (exact) mass is 466 g/mol. The van der Waals surface area contributed by atoms with Crippen molar-refractivity contribution in [3.8, 4) is 5.75 Å². The first-order chi connectivity index (χ1) is 16.2. The molecule has 7 nitrogen and oxygen atoms in total. The topological polar surface area (TPSA) is 66.9 Å². The number of benzene rings is 1. The van der Waals surface area contributed by atoms with Crippen LogP contribution in [-0.4, -0.2) is 59.9 Å². The standard InChI is InChI=1S/C27H38N4O3/c1-20-5-7-21(8-6-20)29-22-9-11-23(12-10-22)33-24-13-14-28-25(19-24)30-15-17-31(18-16-30)26(32)34-27(2,3)4/h5-8,13-14,19,22-23,29H,9-12,15-18H2,1-4H3. The fourth-order valence-corrected chi connectivity index (χ4v) is 4.49. The van der Waals surface area contributed by atoms with Crippen molar-refractivity contribution in [3.63, 3.8) is 0 Å². The molecule has 1 aromatic carbocycles. The van der Waals surface area contributed by atoms with Gasteiger partial charge in [-0.3, -0.25) is 0 Å². The number of rotatable bonds is 5. The Morgan fingerprint density at radius 2 is 1.68 bits per heavy atom. The summed E-state index contributed by atoms with van der Waals surface area (Å²) < 4.78 is 11.8. The van der Waals surface area contributed by atoms with Gasteiger partial charge in [0.05, 0.1) is 6.10 Å². The number of aromatic nitrogens is 1. The Balaban J connectivity index is 1.24. The zero-order chi connectivity index (χ0) is 24.1. The van der Waals surface area contributed by atoms with Gasteiger partial charge in [0.2, 0.25) is 0 Å². The maximum absolute atomic E-state index is 12.3. The highest BCUT2D eigenvalue weighted by atomic mass is 16.6. The number of anilines is 2. The summed E-state index contributed by atoms with van der Waals surface area (Å²) in [4.78, 5) is 20.8. The molecule has 1 aromatic heterocycles. The van der Waals surface area contributed by atoms with Crippen molar-refractivity contribution in [1.29, 1.82) is 0 Å². The average molecular weight is 467 g/mol. The Bertz CT molecular complexity index is 941. The van der Waals surface area contributed by atoms with E-state index < -0.39 is 5.60 Å². The molecular weight excluding hydrogens is 428 g/mol. The highest BCUT2D eigenvalue weighted by Crippen LogP contribution is 2.28. The minimum Gasteiger partial charge on any atom is -0.490 e. The summed E-state index contributed by atoms with van der Waals surface area (Å²) >= 11 is 0. The predicted molar refractivity (Wildman–Crippen MR) is 136 cm³/mol. The van der Waals surface area contributed by atoms with Gasteiger partial charge in [-0.15, -0.1) is 0 Å². The van der Waals surface area contributed by atoms with Crippen molar-refractivity contribution in [2.75, 3.05) is 36.4 Å². The van der Waals surface area contributed by atoms with E-state index in [1.165, 1.54) is 11.3 Å². The van der Waals surface area contributed by atoms with E-state index in [9.17, 15) is 4.79 Å². The minimum absolute atomic E-state index is 0.232. The SMILES string of the molecule is Cc1ccc(NC2CCC(Oc3ccnc(N4CCN(C(=O)OC(C)(C)C)CC4)c3)CC2)cc1. The number of hydrogen-bond acceptors (Lipinski definition) is 6. The van der Waals surface area contributed by atoms with Gasteiger partial charge in [-0.05, 0) is 71.6 Å². The van der Waals surface area contributed by atoms with E-state index in [0.29, 0.717) is 19.1 Å². The Kier molecular flexibility index (Phi) is 7.49. The summed E-state index contributed by atoms with van der Waals surface area (Å²) in [5.74, 6) is 1.77. The molecule has 34 heavy (non-hydrogen) atoms. The van der Waals surface area contributed by atoms with E-state index in [1.54, 1.807) is 4.90 Å². The molecule has 0 spiro atoms. The zero-order valence-electron chi connectivity index (χ0n) is 20.9. The predicted octanol–water partition coefficient (Wildman–Crippen LogP) is 5.25. The van der Waals surface area contributed by atoms with E-state index in [4.69, 9.17) is 9.47 Å². The van der Waals surface area contributed by atoms with Gasteiger partial charge in [-0.25, -0.2) is 9.78 Å². The van der Waals surface area contributed by atoms with Gasteiger partial charge in [0.15, 0.2) is 0 Å². The van der Waals surface area contributed by atoms with Crippen LogP contribution >= 0.6 is 0 Å². The molecule has 0 radical (unpaired) electrons. The van der Waals surface area contributed by atoms with E-state index in [1.807, 2.05) is 39.1 Å². The number of nitrogens with one attached hydrogen (secondary N) is 1. The molecule has 2 aromatic rings. The number of amides is 1. The quantitative estimate of drug-likeness (QED) is 0.649. The van der Waals surface area contributed by atoms with Crippen molar-refractivity contribution in [2.24, 2.45) is 0 Å². The normalized spacial score (nSPS) is 21.2. The Morgan fingerprint density at radius 3 is 2.32 bits per heavy atom. The van der Waals surface area contributed by atoms with Gasteiger partial charge < -0.3 is 24.6 Å². The van der Waals surface area contributed by atoms with E-state index >= 15 is 0 Å². The molecule has 2 heterocycles. The largest absolute Gasteiger partial charge is 0.490 e. The highest BCUT2D eigenvalue weighted by molar-refractivity contribution is 5.68. The van der Waals surface area contributed by atoms with Gasteiger partial charge in [0, 0.05) is 50.2 Å². The summed E-state index contributed by atoms with van der Waals surface area (Å²) in [5.41, 5.74) is 2.00. The number of ether oxygens (including phenoxy) is 2. The molecule has 184 valence electrons. The van der Waals surface area contributed by atoms with Gasteiger partial charge >= 0.3 is 6.09 Å². The Labute approximate surface area is 203 Å². The number of pyridine rings is 1. The lowest BCUT2D eigenvalue weighted by Gasteiger charge is -2.36. The number of carbonyl (C=O) groups excluding carboxylic acids is 1. The minimum atomic E-state index is -0.475. The van der Waals surface area contributed by atoms with Gasteiger partial charge in [-0.2, -0.15) is 0 Å². The lowest BCUT2D eigenvalue weighted by Crippen LogP contribution is -2.50. The van der Waals surface area contributed by atoms with Crippen LogP contribution in [0.25, 0.3) is 0 Å². The van der Waals surface area contributed by atoms with Gasteiger partial charge in [0.1, 0.15) is 17.2 Å². The summed E-state index contributed by atoms with van der Waals surface area (Å²) in [6.07, 6.45) is 6.08. The number of hydrogen-bond donors (Lipinski definition) is 1. The lowest BCUT2D eigenvalue weighted by molar-refractivity contribution is 0.0240. The average Bonchev–Trinajstić information content (AvgIpc) is 2.81. The zero-order valence-corrected chi connectivity index (χ0v) is 20.9. The van der Waals surface area contributed by atoms with E-state index in [0.717, 1.165) is 50.3 Å². The van der Waals surface area contributed by atoms with E-state index in [2.05, 4.69) is 46.4 Å². The smallest absolute Gasteiger partial charge is 0.410 e. The Hall–Kier alpha value is -2.96. The maximum atomic E-state index is 12.3. The fourth-order valence-electron chi connectivity index (χ4n) is 4.49. The number of aryl methyl sites for hydroxylation is 1. The molecule has 2 fully saturated rings. The first kappa shape index (κ1) is 24.2. The third kappa shape index (κ3) is 6.78. The van der Waals surface area contributed by atoms with Gasteiger partial charge in [0.25, 0.3) is 0 Å². The van der Waals surface area contributed by atoms with Crippen molar-refractivity contribution in [1.82, 2.24) is 9.88 Å². The summed E-state index contributed by atoms with van der Waals surface area (Å²) in [6, 6.07) is 13.1. The third-order valence-electron chi connectivity index (χ3n) is 6.37. The summed E-state index contributed by atoms with van der Waals surface area (Å²) in [6.45, 7) is 10.5. The molecule has 0 bridgehead atoms. The third-order valence-corrected chi connectivity index (χ3v) is 6.37. The molecular formula is C27H38N4O3. The van der Waals surface area contributed by atoms with E-state index in [-0.39, 0.29) is 12.2 Å². The second-order valence-corrected chi connectivity index (χ2v) is 10.4. The first-order valence-electron chi connectivity index (χ1n) is 12.4. The molecule has 7 heteroatoms. The molecule has 1 aliphatic heterocycles. The van der Waals surface area contributed by atoms with Crippen molar-refractivity contribution < 1.29 is 14.3 Å². The number of carbonyl (C=O) groups is 1. The van der Waals surface area contributed by atoms with Crippen molar-refractivity contribution in [2.45, 2.75) is 71.1 Å². The van der Waals surface area contributed by atoms with Crippen LogP contribution in [0.1, 0.15) is 52.0 Å². The molecule has 0 unspecified atom stereocenters. The van der Waals surface area contributed by atoms with Crippen LogP contribution in [0.15, 0.2) is 42.6 Å². The first-order valence-corrected chi connectivity index (χ1v) is 12.4. The van der Waals surface area contributed by atoms with Crippen LogP contribution in [0.2, 0.25) is 0 Å². The van der Waals surface area contributed by atoms with Crippen molar-refractivity contribution in [3.05, 3.63) is 48.2 Å². The molecule has 1 N–H and O–H groups in total.